The molecule has 1 aromatic rings. The number of carbonyl (C=O) groups excluding carboxylic acids is 1. The van der Waals surface area contributed by atoms with Gasteiger partial charge >= 0.3 is 12.0 Å². The van der Waals surface area contributed by atoms with Gasteiger partial charge in [0, 0.05) is 25.4 Å². The van der Waals surface area contributed by atoms with E-state index in [0.717, 1.165) is 10.5 Å². The molecule has 0 atom stereocenters. The zero-order chi connectivity index (χ0) is 11.3. The zero-order valence-electron chi connectivity index (χ0n) is 8.23. The molecule has 1 heterocycles. The van der Waals surface area contributed by atoms with E-state index in [2.05, 4.69) is 15.5 Å². The second kappa shape index (κ2) is 4.99. The maximum atomic E-state index is 11.3. The topological polar surface area (TPSA) is 98.3 Å². The van der Waals surface area contributed by atoms with Crippen LogP contribution < -0.4 is 5.32 Å². The van der Waals surface area contributed by atoms with Gasteiger partial charge < -0.3 is 15.3 Å². The molecule has 0 aliphatic rings. The standard InChI is InChI=1S/C8H12N4O3/c1-12(5-7(13)14)8(15)9-2-6-3-10-11-4-6/h3-4H,2,5H2,1H3,(H,9,15)(H,10,11)(H,13,14). The van der Waals surface area contributed by atoms with E-state index in [0.29, 0.717) is 6.54 Å². The first-order chi connectivity index (χ1) is 7.09. The van der Waals surface area contributed by atoms with E-state index >= 15 is 0 Å². The number of likely N-dealkylation sites (N-methyl/N-ethyl adjacent to an activating group) is 1. The number of aromatic amines is 1. The highest BCUT2D eigenvalue weighted by atomic mass is 16.4. The summed E-state index contributed by atoms with van der Waals surface area (Å²) in [5.41, 5.74) is 0.826. The summed E-state index contributed by atoms with van der Waals surface area (Å²) >= 11 is 0. The summed E-state index contributed by atoms with van der Waals surface area (Å²) in [5, 5.41) is 17.3. The van der Waals surface area contributed by atoms with Gasteiger partial charge in [0.15, 0.2) is 0 Å². The molecular weight excluding hydrogens is 200 g/mol. The lowest BCUT2D eigenvalue weighted by atomic mass is 10.4. The maximum Gasteiger partial charge on any atom is 0.323 e. The number of carboxylic acids is 1. The Kier molecular flexibility index (Phi) is 3.67. The largest absolute Gasteiger partial charge is 0.480 e. The second-order valence-corrected chi connectivity index (χ2v) is 3.02. The molecule has 7 heteroatoms. The van der Waals surface area contributed by atoms with Gasteiger partial charge in [-0.3, -0.25) is 9.89 Å². The van der Waals surface area contributed by atoms with Crippen molar-refractivity contribution in [3.05, 3.63) is 18.0 Å². The van der Waals surface area contributed by atoms with Crippen LogP contribution in [0.25, 0.3) is 0 Å². The van der Waals surface area contributed by atoms with Crippen molar-refractivity contribution in [3.8, 4) is 0 Å². The van der Waals surface area contributed by atoms with Gasteiger partial charge in [-0.1, -0.05) is 0 Å². The molecule has 0 bridgehead atoms. The lowest BCUT2D eigenvalue weighted by molar-refractivity contribution is -0.137. The fourth-order valence-electron chi connectivity index (χ4n) is 0.962. The smallest absolute Gasteiger partial charge is 0.323 e. The highest BCUT2D eigenvalue weighted by molar-refractivity contribution is 5.79. The van der Waals surface area contributed by atoms with E-state index in [-0.39, 0.29) is 6.54 Å². The summed E-state index contributed by atoms with van der Waals surface area (Å²) in [6, 6.07) is -0.432. The van der Waals surface area contributed by atoms with Crippen LogP contribution in [0.4, 0.5) is 4.79 Å². The fourth-order valence-corrected chi connectivity index (χ4v) is 0.962. The number of nitrogens with zero attached hydrogens (tertiary/aromatic N) is 2. The van der Waals surface area contributed by atoms with E-state index in [1.165, 1.54) is 7.05 Å². The molecule has 7 nitrogen and oxygen atoms in total. The summed E-state index contributed by atoms with van der Waals surface area (Å²) in [4.78, 5) is 22.7. The van der Waals surface area contributed by atoms with Crippen molar-refractivity contribution >= 4 is 12.0 Å². The van der Waals surface area contributed by atoms with Gasteiger partial charge in [0.1, 0.15) is 6.54 Å². The van der Waals surface area contributed by atoms with Crippen molar-refractivity contribution in [2.45, 2.75) is 6.54 Å². The molecule has 0 radical (unpaired) electrons. The molecule has 2 amide bonds. The van der Waals surface area contributed by atoms with Gasteiger partial charge in [-0.15, -0.1) is 0 Å². The number of urea groups is 1. The van der Waals surface area contributed by atoms with Crippen LogP contribution in [0.2, 0.25) is 0 Å². The van der Waals surface area contributed by atoms with E-state index in [4.69, 9.17) is 5.11 Å². The van der Waals surface area contributed by atoms with Crippen molar-refractivity contribution in [3.63, 3.8) is 0 Å². The van der Waals surface area contributed by atoms with Crippen LogP contribution in [0.3, 0.4) is 0 Å². The third-order valence-corrected chi connectivity index (χ3v) is 1.72. The Morgan fingerprint density at radius 1 is 1.67 bits per heavy atom. The average molecular weight is 212 g/mol. The summed E-state index contributed by atoms with van der Waals surface area (Å²) in [6.07, 6.45) is 3.23. The molecule has 82 valence electrons. The first-order valence-corrected chi connectivity index (χ1v) is 4.28. The van der Waals surface area contributed by atoms with E-state index < -0.39 is 12.0 Å². The predicted octanol–water partition coefficient (Wildman–Crippen LogP) is -0.364. The van der Waals surface area contributed by atoms with Crippen LogP contribution in [-0.2, 0) is 11.3 Å². The van der Waals surface area contributed by atoms with Crippen molar-refractivity contribution in [2.75, 3.05) is 13.6 Å². The van der Waals surface area contributed by atoms with Gasteiger partial charge in [0.2, 0.25) is 0 Å². The van der Waals surface area contributed by atoms with Gasteiger partial charge in [-0.25, -0.2) is 4.79 Å². The molecule has 3 N–H and O–H groups in total. The average Bonchev–Trinajstić information content (AvgIpc) is 2.65. The third-order valence-electron chi connectivity index (χ3n) is 1.72. The first kappa shape index (κ1) is 11.0. The zero-order valence-corrected chi connectivity index (χ0v) is 8.23. The van der Waals surface area contributed by atoms with Crippen LogP contribution in [0.5, 0.6) is 0 Å². The molecular formula is C8H12N4O3. The van der Waals surface area contributed by atoms with Crippen molar-refractivity contribution < 1.29 is 14.7 Å². The Hall–Kier alpha value is -2.05. The van der Waals surface area contributed by atoms with Crippen molar-refractivity contribution in [2.24, 2.45) is 0 Å². The monoisotopic (exact) mass is 212 g/mol. The van der Waals surface area contributed by atoms with Crippen LogP contribution in [0, 0.1) is 0 Å². The number of carbonyl (C=O) groups is 2. The van der Waals surface area contributed by atoms with Crippen LogP contribution in [-0.4, -0.2) is 45.8 Å². The molecule has 1 aromatic heterocycles. The number of hydrogen-bond acceptors (Lipinski definition) is 3. The third kappa shape index (κ3) is 3.67. The molecule has 0 unspecified atom stereocenters. The van der Waals surface area contributed by atoms with Crippen molar-refractivity contribution in [1.82, 2.24) is 20.4 Å². The summed E-state index contributed by atoms with van der Waals surface area (Å²) < 4.78 is 0. The predicted molar refractivity (Wildman–Crippen MR) is 51.1 cm³/mol. The molecule has 15 heavy (non-hydrogen) atoms. The SMILES string of the molecule is CN(CC(=O)O)C(=O)NCc1cn[nH]c1. The van der Waals surface area contributed by atoms with E-state index in [1.807, 2.05) is 0 Å². The molecule has 0 aliphatic heterocycles. The number of aromatic nitrogens is 2. The van der Waals surface area contributed by atoms with Crippen LogP contribution in [0.1, 0.15) is 5.56 Å². The summed E-state index contributed by atoms with van der Waals surface area (Å²) in [7, 11) is 1.42. The van der Waals surface area contributed by atoms with Gasteiger partial charge in [0.25, 0.3) is 0 Å². The first-order valence-electron chi connectivity index (χ1n) is 4.28. The minimum Gasteiger partial charge on any atom is -0.480 e. The number of nitrogens with one attached hydrogen (secondary N) is 2. The number of aliphatic carboxylic acids is 1. The number of H-pyrrole nitrogens is 1. The Balaban J connectivity index is 2.32. The lowest BCUT2D eigenvalue weighted by Crippen LogP contribution is -2.39. The molecule has 0 fully saturated rings. The lowest BCUT2D eigenvalue weighted by Gasteiger charge is -2.14. The number of rotatable bonds is 4. The molecule has 0 saturated heterocycles. The second-order valence-electron chi connectivity index (χ2n) is 3.02. The van der Waals surface area contributed by atoms with E-state index in [1.54, 1.807) is 12.4 Å². The van der Waals surface area contributed by atoms with Gasteiger partial charge in [-0.2, -0.15) is 5.10 Å². The Morgan fingerprint density at radius 2 is 2.40 bits per heavy atom. The van der Waals surface area contributed by atoms with Gasteiger partial charge in [-0.05, 0) is 0 Å². The summed E-state index contributed by atoms with van der Waals surface area (Å²) in [6.45, 7) is -0.00346. The van der Waals surface area contributed by atoms with Crippen LogP contribution in [0.15, 0.2) is 12.4 Å². The normalized spacial score (nSPS) is 9.67. The molecule has 0 aromatic carbocycles. The Bertz CT molecular complexity index is 336. The molecule has 0 aliphatic carbocycles. The number of carboxylic acid groups (broad SMARTS) is 1. The Morgan fingerprint density at radius 3 is 2.93 bits per heavy atom. The number of amides is 2. The fraction of sp³-hybridized carbons (Fsp3) is 0.375. The van der Waals surface area contributed by atoms with Gasteiger partial charge in [0.05, 0.1) is 6.20 Å². The highest BCUT2D eigenvalue weighted by Crippen LogP contribution is 1.93. The van der Waals surface area contributed by atoms with E-state index in [9.17, 15) is 9.59 Å². The molecule has 0 saturated carbocycles. The molecule has 0 spiro atoms. The number of hydrogen-bond donors (Lipinski definition) is 3. The highest BCUT2D eigenvalue weighted by Gasteiger charge is 2.10. The summed E-state index contributed by atoms with van der Waals surface area (Å²) in [5.74, 6) is -1.05. The van der Waals surface area contributed by atoms with Crippen molar-refractivity contribution in [1.29, 1.82) is 0 Å². The quantitative estimate of drug-likeness (QED) is 0.634. The van der Waals surface area contributed by atoms with Crippen LogP contribution >= 0.6 is 0 Å². The Labute approximate surface area is 86.1 Å². The minimum absolute atomic E-state index is 0.319. The maximum absolute atomic E-state index is 11.3. The molecule has 1 rings (SSSR count). The minimum atomic E-state index is -1.05.